The fourth-order valence-electron chi connectivity index (χ4n) is 3.38. The van der Waals surface area contributed by atoms with E-state index in [4.69, 9.17) is 4.74 Å². The van der Waals surface area contributed by atoms with Crippen LogP contribution in [0.4, 0.5) is 11.6 Å². The fourth-order valence-corrected chi connectivity index (χ4v) is 3.38. The van der Waals surface area contributed by atoms with E-state index >= 15 is 0 Å². The number of carbonyl (C=O) groups is 2. The molecule has 0 unspecified atom stereocenters. The number of amides is 1. The van der Waals surface area contributed by atoms with Crippen LogP contribution in [0.1, 0.15) is 17.8 Å². The summed E-state index contributed by atoms with van der Waals surface area (Å²) < 4.78 is 5.81. The largest absolute Gasteiger partial charge is 0.480 e. The Kier molecular flexibility index (Phi) is 5.80. The van der Waals surface area contributed by atoms with Gasteiger partial charge in [0, 0.05) is 17.1 Å². The van der Waals surface area contributed by atoms with Gasteiger partial charge in [-0.15, -0.1) is 0 Å². The third-order valence-corrected chi connectivity index (χ3v) is 4.73. The third-order valence-electron chi connectivity index (χ3n) is 4.73. The van der Waals surface area contributed by atoms with Gasteiger partial charge in [0.25, 0.3) is 5.95 Å². The number of ether oxygens (including phenoxy) is 1. The van der Waals surface area contributed by atoms with Crippen LogP contribution in [-0.2, 0) is 9.59 Å². The summed E-state index contributed by atoms with van der Waals surface area (Å²) in [5.41, 5.74) is 1.95. The van der Waals surface area contributed by atoms with Crippen molar-refractivity contribution in [3.63, 3.8) is 0 Å². The fraction of sp³-hybridized carbons (Fsp3) is 0.174. The number of rotatable bonds is 5. The second kappa shape index (κ2) is 8.84. The smallest absolute Gasteiger partial charge is 0.327 e. The van der Waals surface area contributed by atoms with Gasteiger partial charge in [-0.3, -0.25) is 15.0 Å². The van der Waals surface area contributed by atoms with Crippen molar-refractivity contribution in [2.45, 2.75) is 26.3 Å². The maximum absolute atomic E-state index is 12.2. The van der Waals surface area contributed by atoms with Crippen molar-refractivity contribution in [2.24, 2.45) is 4.99 Å². The zero-order chi connectivity index (χ0) is 22.7. The molecule has 2 N–H and O–H groups in total. The highest BCUT2D eigenvalue weighted by molar-refractivity contribution is 6.13. The Labute approximate surface area is 184 Å². The van der Waals surface area contributed by atoms with E-state index in [1.54, 1.807) is 44.2 Å². The summed E-state index contributed by atoms with van der Waals surface area (Å²) in [6, 6.07) is 16.9. The zero-order valence-electron chi connectivity index (χ0n) is 17.5. The maximum atomic E-state index is 12.2. The van der Waals surface area contributed by atoms with E-state index < -0.39 is 17.9 Å². The van der Waals surface area contributed by atoms with E-state index in [1.807, 2.05) is 30.3 Å². The molecule has 1 atom stereocenters. The van der Waals surface area contributed by atoms with Gasteiger partial charge < -0.3 is 9.84 Å². The van der Waals surface area contributed by atoms with E-state index in [-0.39, 0.29) is 18.3 Å². The first kappa shape index (κ1) is 21.0. The molecule has 0 spiro atoms. The molecule has 9 nitrogen and oxygen atoms in total. The van der Waals surface area contributed by atoms with Crippen molar-refractivity contribution in [1.29, 1.82) is 0 Å². The molecule has 1 fully saturated rings. The predicted molar refractivity (Wildman–Crippen MR) is 118 cm³/mol. The van der Waals surface area contributed by atoms with Crippen molar-refractivity contribution in [2.75, 3.05) is 4.90 Å². The number of aliphatic imine (C=N–C) groups is 1. The average Bonchev–Trinajstić information content (AvgIpc) is 2.74. The van der Waals surface area contributed by atoms with Gasteiger partial charge in [0.05, 0.1) is 6.42 Å². The Morgan fingerprint density at radius 3 is 2.31 bits per heavy atom. The Balaban J connectivity index is 1.70. The minimum absolute atomic E-state index is 0.0513. The lowest BCUT2D eigenvalue weighted by molar-refractivity contribution is -0.140. The molecule has 162 valence electrons. The first-order chi connectivity index (χ1) is 15.4. The Bertz CT molecular complexity index is 1160. The highest BCUT2D eigenvalue weighted by Crippen LogP contribution is 2.28. The third kappa shape index (κ3) is 4.72. The second-order valence-electron chi connectivity index (χ2n) is 7.27. The summed E-state index contributed by atoms with van der Waals surface area (Å²) in [5.74, 6) is -0.125. The molecule has 1 amide bonds. The Hall–Kier alpha value is -4.27. The maximum Gasteiger partial charge on any atom is 0.327 e. The number of anilines is 1. The number of benzene rings is 2. The van der Waals surface area contributed by atoms with Crippen LogP contribution in [0.3, 0.4) is 0 Å². The predicted octanol–water partition coefficient (Wildman–Crippen LogP) is 3.35. The molecule has 32 heavy (non-hydrogen) atoms. The Morgan fingerprint density at radius 2 is 1.69 bits per heavy atom. The molecule has 4 rings (SSSR count). The lowest BCUT2D eigenvalue weighted by Crippen LogP contribution is -2.58. The van der Waals surface area contributed by atoms with Crippen LogP contribution in [-0.4, -0.2) is 39.0 Å². The summed E-state index contributed by atoms with van der Waals surface area (Å²) in [5, 5.41) is 12.4. The van der Waals surface area contributed by atoms with E-state index in [9.17, 15) is 14.7 Å². The lowest BCUT2D eigenvalue weighted by Gasteiger charge is -2.35. The minimum atomic E-state index is -1.14. The summed E-state index contributed by atoms with van der Waals surface area (Å²) in [4.78, 5) is 38.5. The Morgan fingerprint density at radius 1 is 1.06 bits per heavy atom. The lowest BCUT2D eigenvalue weighted by atomic mass is 10.1. The van der Waals surface area contributed by atoms with Gasteiger partial charge in [-0.25, -0.2) is 14.8 Å². The molecule has 0 radical (unpaired) electrons. The summed E-state index contributed by atoms with van der Waals surface area (Å²) in [6.07, 6.45) is -0.218. The van der Waals surface area contributed by atoms with Crippen LogP contribution in [0.15, 0.2) is 65.7 Å². The van der Waals surface area contributed by atoms with Crippen LogP contribution in [0.5, 0.6) is 11.5 Å². The van der Waals surface area contributed by atoms with Crippen molar-refractivity contribution in [3.05, 3.63) is 72.1 Å². The van der Waals surface area contributed by atoms with E-state index in [2.05, 4.69) is 20.3 Å². The van der Waals surface area contributed by atoms with Gasteiger partial charge in [0.1, 0.15) is 17.5 Å². The molecule has 0 aliphatic carbocycles. The van der Waals surface area contributed by atoms with E-state index in [0.717, 1.165) is 0 Å². The van der Waals surface area contributed by atoms with Crippen LogP contribution < -0.4 is 15.0 Å². The van der Waals surface area contributed by atoms with Crippen LogP contribution in [0.25, 0.3) is 0 Å². The van der Waals surface area contributed by atoms with Gasteiger partial charge >= 0.3 is 5.97 Å². The van der Waals surface area contributed by atoms with Gasteiger partial charge in [-0.1, -0.05) is 18.2 Å². The number of nitrogens with one attached hydrogen (secondary N) is 1. The van der Waals surface area contributed by atoms with Crippen LogP contribution in [0, 0.1) is 13.8 Å². The molecule has 1 aromatic heterocycles. The van der Waals surface area contributed by atoms with Crippen molar-refractivity contribution < 1.29 is 19.4 Å². The minimum Gasteiger partial charge on any atom is -0.480 e. The SMILES string of the molecule is Cc1cc(C)nc(/N=C2\NC(=O)C[C@@H](C(=O)O)N2c2ccc(Oc3ccccc3)cc2)n1. The summed E-state index contributed by atoms with van der Waals surface area (Å²) in [7, 11) is 0. The van der Waals surface area contributed by atoms with Gasteiger partial charge in [0.2, 0.25) is 11.9 Å². The molecule has 1 aliphatic heterocycles. The highest BCUT2D eigenvalue weighted by atomic mass is 16.5. The first-order valence-electron chi connectivity index (χ1n) is 9.95. The molecule has 1 saturated heterocycles. The summed E-state index contributed by atoms with van der Waals surface area (Å²) >= 11 is 0. The molecule has 2 aromatic carbocycles. The highest BCUT2D eigenvalue weighted by Gasteiger charge is 2.37. The standard InChI is InChI=1S/C23H21N5O4/c1-14-12-15(2)25-22(24-14)27-23-26-20(29)13-19(21(30)31)28(23)16-8-10-18(11-9-16)32-17-6-4-3-5-7-17/h3-12,19H,13H2,1-2H3,(H,30,31)(H,24,25,26,27,29)/t19-/m0/s1. The number of aromatic nitrogens is 2. The number of para-hydroxylation sites is 1. The number of carboxylic acids is 1. The van der Waals surface area contributed by atoms with Gasteiger partial charge in [-0.2, -0.15) is 4.99 Å². The van der Waals surface area contributed by atoms with Gasteiger partial charge in [0.15, 0.2) is 0 Å². The van der Waals surface area contributed by atoms with E-state index in [1.165, 1.54) is 4.90 Å². The number of carboxylic acid groups (broad SMARTS) is 1. The molecular formula is C23H21N5O4. The molecular weight excluding hydrogens is 410 g/mol. The second-order valence-corrected chi connectivity index (χ2v) is 7.27. The number of hydrogen-bond donors (Lipinski definition) is 2. The van der Waals surface area contributed by atoms with Crippen LogP contribution >= 0.6 is 0 Å². The monoisotopic (exact) mass is 431 g/mol. The number of nitrogens with zero attached hydrogens (tertiary/aromatic N) is 4. The number of hydrogen-bond acceptors (Lipinski definition) is 6. The topological polar surface area (TPSA) is 117 Å². The van der Waals surface area contributed by atoms with Crippen molar-refractivity contribution >= 4 is 29.5 Å². The van der Waals surface area contributed by atoms with Gasteiger partial charge in [-0.05, 0) is 56.3 Å². The zero-order valence-corrected chi connectivity index (χ0v) is 17.5. The number of aliphatic carboxylic acids is 1. The average molecular weight is 431 g/mol. The molecule has 9 heteroatoms. The molecule has 0 bridgehead atoms. The quantitative estimate of drug-likeness (QED) is 0.636. The summed E-state index contributed by atoms with van der Waals surface area (Å²) in [6.45, 7) is 3.61. The molecule has 1 aliphatic rings. The molecule has 2 heterocycles. The van der Waals surface area contributed by atoms with Crippen molar-refractivity contribution in [1.82, 2.24) is 15.3 Å². The molecule has 0 saturated carbocycles. The number of guanidine groups is 1. The normalized spacial score (nSPS) is 17.2. The molecule has 3 aromatic rings. The van der Waals surface area contributed by atoms with E-state index in [0.29, 0.717) is 28.6 Å². The number of aryl methyl sites for hydroxylation is 2. The van der Waals surface area contributed by atoms with Crippen molar-refractivity contribution in [3.8, 4) is 11.5 Å². The first-order valence-corrected chi connectivity index (χ1v) is 9.95. The number of carbonyl (C=O) groups excluding carboxylic acids is 1. The van der Waals surface area contributed by atoms with Crippen LogP contribution in [0.2, 0.25) is 0 Å².